The maximum absolute atomic E-state index is 11.1. The van der Waals surface area contributed by atoms with Crippen LogP contribution in [-0.2, 0) is 28.6 Å². The molecule has 116 valence electrons. The number of rotatable bonds is 9. The van der Waals surface area contributed by atoms with Crippen LogP contribution in [0.25, 0.3) is 0 Å². The van der Waals surface area contributed by atoms with Gasteiger partial charge in [-0.05, 0) is 6.92 Å². The third kappa shape index (κ3) is 8.60. The van der Waals surface area contributed by atoms with Crippen LogP contribution >= 0.6 is 37.9 Å². The molecule has 9 heteroatoms. The van der Waals surface area contributed by atoms with Gasteiger partial charge in [0.25, 0.3) is 0 Å². The first-order valence-electron chi connectivity index (χ1n) is 5.66. The van der Waals surface area contributed by atoms with Crippen LogP contribution in [-0.4, -0.2) is 55.0 Å². The zero-order chi connectivity index (χ0) is 15.6. The molecule has 0 atom stereocenters. The van der Waals surface area contributed by atoms with Gasteiger partial charge in [-0.2, -0.15) is 37.9 Å². The second kappa shape index (κ2) is 10.2. The van der Waals surface area contributed by atoms with E-state index in [1.807, 2.05) is 0 Å². The van der Waals surface area contributed by atoms with Crippen molar-refractivity contribution in [2.75, 3.05) is 37.1 Å². The standard InChI is InChI=1S/C11H18O6S3/c1-11(5-15-8(12)2-18,6-16-9(13)3-19)7-17-10(14)4-20/h18-20H,2-7H2,1H3. The van der Waals surface area contributed by atoms with Crippen LogP contribution in [0.3, 0.4) is 0 Å². The molecule has 0 aliphatic carbocycles. The fraction of sp³-hybridized carbons (Fsp3) is 0.727. The first-order chi connectivity index (χ1) is 9.36. The summed E-state index contributed by atoms with van der Waals surface area (Å²) in [5, 5.41) is 0. The van der Waals surface area contributed by atoms with Gasteiger partial charge in [-0.3, -0.25) is 14.4 Å². The van der Waals surface area contributed by atoms with Gasteiger partial charge in [-0.15, -0.1) is 0 Å². The van der Waals surface area contributed by atoms with Gasteiger partial charge in [0.15, 0.2) is 0 Å². The summed E-state index contributed by atoms with van der Waals surface area (Å²) in [6.07, 6.45) is 0. The van der Waals surface area contributed by atoms with Gasteiger partial charge in [-0.1, -0.05) is 0 Å². The molecule has 0 aliphatic heterocycles. The largest absolute Gasteiger partial charge is 0.464 e. The van der Waals surface area contributed by atoms with Crippen LogP contribution in [0.2, 0.25) is 0 Å². The number of hydrogen-bond acceptors (Lipinski definition) is 9. The molecule has 6 nitrogen and oxygen atoms in total. The Morgan fingerprint density at radius 1 is 0.750 bits per heavy atom. The number of carbonyl (C=O) groups is 3. The Morgan fingerprint density at radius 3 is 1.20 bits per heavy atom. The molecule has 0 amide bonds. The second-order valence-corrected chi connectivity index (χ2v) is 5.22. The Balaban J connectivity index is 4.51. The molecule has 0 aromatic carbocycles. The minimum Gasteiger partial charge on any atom is -0.464 e. The van der Waals surface area contributed by atoms with Crippen molar-refractivity contribution < 1.29 is 28.6 Å². The Morgan fingerprint density at radius 2 is 1.00 bits per heavy atom. The molecule has 0 aliphatic rings. The van der Waals surface area contributed by atoms with Crippen molar-refractivity contribution in [1.82, 2.24) is 0 Å². The molecule has 0 bridgehead atoms. The highest BCUT2D eigenvalue weighted by atomic mass is 32.1. The maximum atomic E-state index is 11.1. The van der Waals surface area contributed by atoms with Gasteiger partial charge < -0.3 is 14.2 Å². The van der Waals surface area contributed by atoms with Crippen molar-refractivity contribution in [3.63, 3.8) is 0 Å². The van der Waals surface area contributed by atoms with E-state index in [4.69, 9.17) is 14.2 Å². The highest BCUT2D eigenvalue weighted by Crippen LogP contribution is 2.19. The van der Waals surface area contributed by atoms with E-state index < -0.39 is 23.3 Å². The lowest BCUT2D eigenvalue weighted by molar-refractivity contribution is -0.157. The Hall–Kier alpha value is -0.540. The summed E-state index contributed by atoms with van der Waals surface area (Å²) in [4.78, 5) is 33.3. The lowest BCUT2D eigenvalue weighted by Crippen LogP contribution is -2.37. The van der Waals surface area contributed by atoms with Crippen LogP contribution in [0.5, 0.6) is 0 Å². The molecule has 0 N–H and O–H groups in total. The maximum Gasteiger partial charge on any atom is 0.315 e. The predicted octanol–water partition coefficient (Wildman–Crippen LogP) is 0.412. The van der Waals surface area contributed by atoms with Crippen molar-refractivity contribution in [3.8, 4) is 0 Å². The second-order valence-electron chi connectivity index (χ2n) is 4.27. The fourth-order valence-corrected chi connectivity index (χ4v) is 1.30. The van der Waals surface area contributed by atoms with E-state index >= 15 is 0 Å². The number of esters is 3. The highest BCUT2D eigenvalue weighted by molar-refractivity contribution is 7.81. The van der Waals surface area contributed by atoms with Crippen molar-refractivity contribution in [1.29, 1.82) is 0 Å². The molecule has 0 unspecified atom stereocenters. The summed E-state index contributed by atoms with van der Waals surface area (Å²) in [5.74, 6) is -1.74. The molecule has 0 saturated heterocycles. The molecule has 0 rings (SSSR count). The zero-order valence-electron chi connectivity index (χ0n) is 11.0. The monoisotopic (exact) mass is 342 g/mol. The highest BCUT2D eigenvalue weighted by Gasteiger charge is 2.30. The lowest BCUT2D eigenvalue weighted by atomic mass is 9.94. The van der Waals surface area contributed by atoms with Crippen molar-refractivity contribution in [3.05, 3.63) is 0 Å². The Bertz CT molecular complexity index is 297. The third-order valence-corrected chi connectivity index (χ3v) is 2.91. The first-order valence-corrected chi connectivity index (χ1v) is 7.56. The minimum absolute atomic E-state index is 0.0634. The van der Waals surface area contributed by atoms with Crippen molar-refractivity contribution in [2.45, 2.75) is 6.92 Å². The number of ether oxygens (including phenoxy) is 3. The van der Waals surface area contributed by atoms with E-state index in [2.05, 4.69) is 37.9 Å². The molecule has 0 radical (unpaired) electrons. The van der Waals surface area contributed by atoms with Gasteiger partial charge >= 0.3 is 17.9 Å². The summed E-state index contributed by atoms with van der Waals surface area (Å²) < 4.78 is 14.9. The van der Waals surface area contributed by atoms with Gasteiger partial charge in [0.05, 0.1) is 22.7 Å². The average Bonchev–Trinajstić information content (AvgIpc) is 2.47. The third-order valence-electron chi connectivity index (χ3n) is 2.13. The molecule has 0 aromatic rings. The normalized spacial score (nSPS) is 10.8. The summed E-state index contributed by atoms with van der Waals surface area (Å²) in [6, 6.07) is 0. The van der Waals surface area contributed by atoms with E-state index in [0.29, 0.717) is 0 Å². The van der Waals surface area contributed by atoms with E-state index in [1.54, 1.807) is 6.92 Å². The van der Waals surface area contributed by atoms with Crippen LogP contribution in [0.4, 0.5) is 0 Å². The van der Waals surface area contributed by atoms with Gasteiger partial charge in [0.1, 0.15) is 19.8 Å². The summed E-state index contributed by atoms with van der Waals surface area (Å²) in [5.41, 5.74) is -0.837. The van der Waals surface area contributed by atoms with E-state index in [9.17, 15) is 14.4 Å². The number of carbonyl (C=O) groups excluding carboxylic acids is 3. The Labute approximate surface area is 134 Å². The summed E-state index contributed by atoms with van der Waals surface area (Å²) >= 11 is 11.3. The lowest BCUT2D eigenvalue weighted by Gasteiger charge is -2.27. The van der Waals surface area contributed by atoms with Crippen molar-refractivity contribution in [2.24, 2.45) is 5.41 Å². The minimum atomic E-state index is -0.837. The van der Waals surface area contributed by atoms with Gasteiger partial charge in [-0.25, -0.2) is 0 Å². The number of hydrogen-bond donors (Lipinski definition) is 3. The van der Waals surface area contributed by atoms with E-state index in [-0.39, 0.29) is 37.1 Å². The van der Waals surface area contributed by atoms with Crippen LogP contribution in [0, 0.1) is 5.41 Å². The van der Waals surface area contributed by atoms with Gasteiger partial charge in [0.2, 0.25) is 0 Å². The fourth-order valence-electron chi connectivity index (χ4n) is 1.03. The SMILES string of the molecule is CC(COC(=O)CS)(COC(=O)CS)COC(=O)CS. The smallest absolute Gasteiger partial charge is 0.315 e. The summed E-state index contributed by atoms with van der Waals surface area (Å²) in [6.45, 7) is 1.47. The predicted molar refractivity (Wildman–Crippen MR) is 82.5 cm³/mol. The molecule has 0 heterocycles. The van der Waals surface area contributed by atoms with Crippen LogP contribution in [0.1, 0.15) is 6.92 Å². The first kappa shape index (κ1) is 19.5. The molecular weight excluding hydrogens is 324 g/mol. The van der Waals surface area contributed by atoms with E-state index in [0.717, 1.165) is 0 Å². The quantitative estimate of drug-likeness (QED) is 0.320. The molecule has 0 fully saturated rings. The summed E-state index contributed by atoms with van der Waals surface area (Å²) in [7, 11) is 0. The molecule has 0 aromatic heterocycles. The van der Waals surface area contributed by atoms with Crippen molar-refractivity contribution >= 4 is 55.8 Å². The molecular formula is C11H18O6S3. The van der Waals surface area contributed by atoms with Crippen LogP contribution < -0.4 is 0 Å². The average molecular weight is 342 g/mol. The zero-order valence-corrected chi connectivity index (χ0v) is 13.7. The molecule has 20 heavy (non-hydrogen) atoms. The van der Waals surface area contributed by atoms with E-state index in [1.165, 1.54) is 0 Å². The Kier molecular flexibility index (Phi) is 9.95. The number of thiol groups is 3. The van der Waals surface area contributed by atoms with Crippen LogP contribution in [0.15, 0.2) is 0 Å². The topological polar surface area (TPSA) is 78.9 Å². The molecule has 0 spiro atoms. The van der Waals surface area contributed by atoms with Gasteiger partial charge in [0, 0.05) is 0 Å². The molecule has 0 saturated carbocycles.